The van der Waals surface area contributed by atoms with Crippen molar-refractivity contribution in [3.63, 3.8) is 0 Å². The van der Waals surface area contributed by atoms with Crippen LogP contribution in [0, 0.1) is 5.92 Å². The second-order valence-corrected chi connectivity index (χ2v) is 3.35. The van der Waals surface area contributed by atoms with Crippen molar-refractivity contribution in [3.05, 3.63) is 0 Å². The Morgan fingerprint density at radius 2 is 1.91 bits per heavy atom. The second-order valence-electron chi connectivity index (χ2n) is 3.35. The van der Waals surface area contributed by atoms with Crippen molar-refractivity contribution in [1.29, 1.82) is 0 Å². The van der Waals surface area contributed by atoms with Gasteiger partial charge in [0, 0.05) is 12.0 Å². The van der Waals surface area contributed by atoms with Gasteiger partial charge in [0.2, 0.25) is 5.91 Å². The third kappa shape index (κ3) is 4.82. The molecule has 0 spiro atoms. The summed E-state index contributed by atoms with van der Waals surface area (Å²) in [6, 6.07) is 0.329. The van der Waals surface area contributed by atoms with Crippen LogP contribution in [0.4, 0.5) is 0 Å². The molecule has 1 amide bonds. The highest BCUT2D eigenvalue weighted by molar-refractivity contribution is 5.78. The van der Waals surface area contributed by atoms with Crippen LogP contribution in [0.25, 0.3) is 0 Å². The molecule has 1 atom stereocenters. The van der Waals surface area contributed by atoms with Gasteiger partial charge in [-0.05, 0) is 13.3 Å². The van der Waals surface area contributed by atoms with Crippen LogP contribution in [-0.4, -0.2) is 11.9 Å². The molecule has 66 valence electrons. The fraction of sp³-hybridized carbons (Fsp3) is 0.889. The van der Waals surface area contributed by atoms with Gasteiger partial charge in [0.05, 0.1) is 0 Å². The Morgan fingerprint density at radius 1 is 1.36 bits per heavy atom. The maximum Gasteiger partial charge on any atom is 0.222 e. The van der Waals surface area contributed by atoms with E-state index in [1.165, 1.54) is 0 Å². The van der Waals surface area contributed by atoms with Crippen LogP contribution >= 0.6 is 0 Å². The van der Waals surface area contributed by atoms with Crippen molar-refractivity contribution in [2.75, 3.05) is 0 Å². The van der Waals surface area contributed by atoms with E-state index in [9.17, 15) is 4.79 Å². The Bertz CT molecular complexity index is 121. The smallest absolute Gasteiger partial charge is 0.222 e. The van der Waals surface area contributed by atoms with E-state index < -0.39 is 0 Å². The zero-order chi connectivity index (χ0) is 8.85. The number of carbonyl (C=O) groups excluding carboxylic acids is 1. The Morgan fingerprint density at radius 3 is 2.27 bits per heavy atom. The van der Waals surface area contributed by atoms with E-state index >= 15 is 0 Å². The molecule has 0 aromatic heterocycles. The molecule has 0 rings (SSSR count). The fourth-order valence-electron chi connectivity index (χ4n) is 0.915. The van der Waals surface area contributed by atoms with Crippen molar-refractivity contribution >= 4 is 5.91 Å². The molecule has 0 aliphatic carbocycles. The van der Waals surface area contributed by atoms with E-state index in [0.717, 1.165) is 12.8 Å². The Hall–Kier alpha value is -0.530. The predicted octanol–water partition coefficient (Wildman–Crippen LogP) is 1.95. The topological polar surface area (TPSA) is 29.1 Å². The van der Waals surface area contributed by atoms with Crippen molar-refractivity contribution < 1.29 is 4.79 Å². The third-order valence-corrected chi connectivity index (χ3v) is 1.63. The molecule has 0 heterocycles. The largest absolute Gasteiger partial charge is 0.353 e. The lowest BCUT2D eigenvalue weighted by molar-refractivity contribution is -0.124. The van der Waals surface area contributed by atoms with Gasteiger partial charge in [-0.1, -0.05) is 27.2 Å². The molecule has 11 heavy (non-hydrogen) atoms. The first-order chi connectivity index (χ1) is 5.07. The number of hydrogen-bond acceptors (Lipinski definition) is 1. The highest BCUT2D eigenvalue weighted by atomic mass is 16.1. The van der Waals surface area contributed by atoms with E-state index in [4.69, 9.17) is 0 Å². The van der Waals surface area contributed by atoms with E-state index in [0.29, 0.717) is 6.04 Å². The van der Waals surface area contributed by atoms with Crippen molar-refractivity contribution in [3.8, 4) is 0 Å². The molecule has 0 aliphatic heterocycles. The Labute approximate surface area is 69.4 Å². The average molecular weight is 157 g/mol. The monoisotopic (exact) mass is 157 g/mol. The normalized spacial score (nSPS) is 13.2. The number of hydrogen-bond donors (Lipinski definition) is 1. The molecule has 0 fully saturated rings. The van der Waals surface area contributed by atoms with Crippen LogP contribution in [0.3, 0.4) is 0 Å². The molecule has 0 saturated carbocycles. The first-order valence-electron chi connectivity index (χ1n) is 4.38. The van der Waals surface area contributed by atoms with Gasteiger partial charge >= 0.3 is 0 Å². The maximum atomic E-state index is 11.1. The summed E-state index contributed by atoms with van der Waals surface area (Å²) in [5.41, 5.74) is 0. The molecule has 0 unspecified atom stereocenters. The molecule has 0 bridgehead atoms. The minimum atomic E-state index is 0.106. The predicted molar refractivity (Wildman–Crippen MR) is 47.4 cm³/mol. The molecule has 0 radical (unpaired) electrons. The van der Waals surface area contributed by atoms with E-state index in [1.54, 1.807) is 0 Å². The first kappa shape index (κ1) is 10.5. The Balaban J connectivity index is 3.57. The third-order valence-electron chi connectivity index (χ3n) is 1.63. The summed E-state index contributed by atoms with van der Waals surface area (Å²) in [6.45, 7) is 7.99. The molecule has 0 saturated heterocycles. The summed E-state index contributed by atoms with van der Waals surface area (Å²) in [6.07, 6.45) is 2.19. The molecule has 1 N–H and O–H groups in total. The SMILES string of the molecule is CCC[C@H](C)NC(=O)C(C)C. The van der Waals surface area contributed by atoms with Gasteiger partial charge in [-0.15, -0.1) is 0 Å². The summed E-state index contributed by atoms with van der Waals surface area (Å²) in [7, 11) is 0. The van der Waals surface area contributed by atoms with Gasteiger partial charge < -0.3 is 5.32 Å². The van der Waals surface area contributed by atoms with Crippen molar-refractivity contribution in [2.45, 2.75) is 46.6 Å². The highest BCUT2D eigenvalue weighted by Gasteiger charge is 2.08. The van der Waals surface area contributed by atoms with Gasteiger partial charge in [0.15, 0.2) is 0 Å². The zero-order valence-electron chi connectivity index (χ0n) is 7.98. The van der Waals surface area contributed by atoms with Gasteiger partial charge in [-0.3, -0.25) is 4.79 Å². The van der Waals surface area contributed by atoms with Gasteiger partial charge in [0.1, 0.15) is 0 Å². The molecular weight excluding hydrogens is 138 g/mol. The standard InChI is InChI=1S/C9H19NO/c1-5-6-8(4)10-9(11)7(2)3/h7-8H,5-6H2,1-4H3,(H,10,11)/t8-/m0/s1. The minimum Gasteiger partial charge on any atom is -0.353 e. The van der Waals surface area contributed by atoms with Gasteiger partial charge in [0.25, 0.3) is 0 Å². The number of carbonyl (C=O) groups is 1. The van der Waals surface area contributed by atoms with Crippen LogP contribution in [0.15, 0.2) is 0 Å². The van der Waals surface area contributed by atoms with Gasteiger partial charge in [-0.2, -0.15) is 0 Å². The van der Waals surface area contributed by atoms with Crippen LogP contribution in [0.1, 0.15) is 40.5 Å². The second kappa shape index (κ2) is 5.16. The molecular formula is C9H19NO. The van der Waals surface area contributed by atoms with Crippen LogP contribution < -0.4 is 5.32 Å². The summed E-state index contributed by atoms with van der Waals surface area (Å²) >= 11 is 0. The van der Waals surface area contributed by atoms with E-state index in [2.05, 4.69) is 12.2 Å². The number of rotatable bonds is 4. The van der Waals surface area contributed by atoms with Crippen molar-refractivity contribution in [1.82, 2.24) is 5.32 Å². The van der Waals surface area contributed by atoms with Crippen LogP contribution in [0.5, 0.6) is 0 Å². The summed E-state index contributed by atoms with van der Waals surface area (Å²) in [4.78, 5) is 11.1. The first-order valence-corrected chi connectivity index (χ1v) is 4.38. The van der Waals surface area contributed by atoms with Crippen LogP contribution in [0.2, 0.25) is 0 Å². The van der Waals surface area contributed by atoms with Crippen LogP contribution in [-0.2, 0) is 4.79 Å². The minimum absolute atomic E-state index is 0.106. The molecule has 0 aromatic rings. The lowest BCUT2D eigenvalue weighted by Crippen LogP contribution is -2.35. The summed E-state index contributed by atoms with van der Waals surface area (Å²) < 4.78 is 0. The van der Waals surface area contributed by atoms with Crippen molar-refractivity contribution in [2.24, 2.45) is 5.92 Å². The highest BCUT2D eigenvalue weighted by Crippen LogP contribution is 1.97. The summed E-state index contributed by atoms with van der Waals surface area (Å²) in [5.74, 6) is 0.264. The lowest BCUT2D eigenvalue weighted by atomic mass is 10.1. The molecule has 0 aliphatic rings. The average Bonchev–Trinajstić information content (AvgIpc) is 1.87. The Kier molecular flexibility index (Phi) is 4.92. The molecule has 2 nitrogen and oxygen atoms in total. The number of amides is 1. The number of nitrogens with one attached hydrogen (secondary N) is 1. The van der Waals surface area contributed by atoms with Gasteiger partial charge in [-0.25, -0.2) is 0 Å². The fourth-order valence-corrected chi connectivity index (χ4v) is 0.915. The zero-order valence-corrected chi connectivity index (χ0v) is 7.98. The quantitative estimate of drug-likeness (QED) is 0.664. The summed E-state index contributed by atoms with van der Waals surface area (Å²) in [5, 5.41) is 2.94. The van der Waals surface area contributed by atoms with E-state index in [-0.39, 0.29) is 11.8 Å². The maximum absolute atomic E-state index is 11.1. The van der Waals surface area contributed by atoms with E-state index in [1.807, 2.05) is 20.8 Å². The lowest BCUT2D eigenvalue weighted by Gasteiger charge is -2.14. The molecule has 0 aromatic carbocycles. The molecule has 2 heteroatoms.